The second kappa shape index (κ2) is 5.85. The molecule has 0 saturated carbocycles. The zero-order valence-electron chi connectivity index (χ0n) is 11.9. The first kappa shape index (κ1) is 14.7. The van der Waals surface area contributed by atoms with Crippen LogP contribution in [0.3, 0.4) is 0 Å². The molecular formula is C17H13BrN2O2. The summed E-state index contributed by atoms with van der Waals surface area (Å²) < 4.78 is 2.60. The number of carbonyl (C=O) groups is 2. The van der Waals surface area contributed by atoms with Crippen LogP contribution in [-0.2, 0) is 6.54 Å². The quantitative estimate of drug-likeness (QED) is 0.666. The molecule has 0 unspecified atom stereocenters. The molecule has 0 aliphatic heterocycles. The SMILES string of the molecule is CC(=O)c1nc2ccccc2n1CC(=O)c1ccc(Br)cc1. The van der Waals surface area contributed by atoms with Crippen LogP contribution in [0.4, 0.5) is 0 Å². The van der Waals surface area contributed by atoms with Crippen molar-refractivity contribution >= 4 is 38.5 Å². The molecule has 5 heteroatoms. The first-order valence-corrected chi connectivity index (χ1v) is 7.60. The summed E-state index contributed by atoms with van der Waals surface area (Å²) in [6, 6.07) is 14.6. The molecule has 1 heterocycles. The Labute approximate surface area is 135 Å². The van der Waals surface area contributed by atoms with Crippen molar-refractivity contribution in [3.63, 3.8) is 0 Å². The summed E-state index contributed by atoms with van der Waals surface area (Å²) in [5, 5.41) is 0. The normalized spacial score (nSPS) is 10.8. The van der Waals surface area contributed by atoms with Crippen LogP contribution in [0, 0.1) is 0 Å². The first-order valence-electron chi connectivity index (χ1n) is 6.81. The third-order valence-corrected chi connectivity index (χ3v) is 3.97. The Bertz CT molecular complexity index is 866. The monoisotopic (exact) mass is 356 g/mol. The molecule has 0 radical (unpaired) electrons. The van der Waals surface area contributed by atoms with Crippen LogP contribution >= 0.6 is 15.9 Å². The Morgan fingerprint density at radius 2 is 1.77 bits per heavy atom. The number of aromatic nitrogens is 2. The second-order valence-electron chi connectivity index (χ2n) is 5.00. The third kappa shape index (κ3) is 2.72. The predicted molar refractivity (Wildman–Crippen MR) is 88.2 cm³/mol. The highest BCUT2D eigenvalue weighted by Gasteiger charge is 2.17. The zero-order chi connectivity index (χ0) is 15.7. The number of halogens is 1. The number of fused-ring (bicyclic) bond motifs is 1. The van der Waals surface area contributed by atoms with Gasteiger partial charge in [-0.25, -0.2) is 4.98 Å². The molecule has 3 rings (SSSR count). The highest BCUT2D eigenvalue weighted by atomic mass is 79.9. The van der Waals surface area contributed by atoms with Crippen molar-refractivity contribution in [1.82, 2.24) is 9.55 Å². The van der Waals surface area contributed by atoms with E-state index < -0.39 is 0 Å². The number of benzene rings is 2. The second-order valence-corrected chi connectivity index (χ2v) is 5.91. The Kier molecular flexibility index (Phi) is 3.90. The minimum atomic E-state index is -0.153. The maximum absolute atomic E-state index is 12.5. The number of para-hydroxylation sites is 2. The molecule has 0 spiro atoms. The molecule has 1 aromatic heterocycles. The van der Waals surface area contributed by atoms with Crippen LogP contribution in [-0.4, -0.2) is 21.1 Å². The van der Waals surface area contributed by atoms with Crippen LogP contribution in [0.15, 0.2) is 53.0 Å². The van der Waals surface area contributed by atoms with Crippen molar-refractivity contribution in [2.45, 2.75) is 13.5 Å². The number of carbonyl (C=O) groups excluding carboxylic acids is 2. The molecule has 3 aromatic rings. The Morgan fingerprint density at radius 3 is 2.45 bits per heavy atom. The molecule has 0 saturated heterocycles. The molecule has 110 valence electrons. The fourth-order valence-electron chi connectivity index (χ4n) is 2.38. The van der Waals surface area contributed by atoms with E-state index in [-0.39, 0.29) is 18.1 Å². The van der Waals surface area contributed by atoms with Gasteiger partial charge in [-0.05, 0) is 24.3 Å². The maximum atomic E-state index is 12.5. The Morgan fingerprint density at radius 1 is 1.09 bits per heavy atom. The van der Waals surface area contributed by atoms with Gasteiger partial charge in [0, 0.05) is 17.0 Å². The van der Waals surface area contributed by atoms with Gasteiger partial charge in [-0.3, -0.25) is 9.59 Å². The van der Waals surface area contributed by atoms with Gasteiger partial charge in [0.15, 0.2) is 17.4 Å². The van der Waals surface area contributed by atoms with Gasteiger partial charge < -0.3 is 4.57 Å². The molecule has 22 heavy (non-hydrogen) atoms. The predicted octanol–water partition coefficient (Wildman–Crippen LogP) is 3.88. The fraction of sp³-hybridized carbons (Fsp3) is 0.118. The highest BCUT2D eigenvalue weighted by molar-refractivity contribution is 9.10. The van der Waals surface area contributed by atoms with Gasteiger partial charge in [0.1, 0.15) is 0 Å². The first-order chi connectivity index (χ1) is 10.6. The van der Waals surface area contributed by atoms with Crippen LogP contribution in [0.25, 0.3) is 11.0 Å². The Hall–Kier alpha value is -2.27. The van der Waals surface area contributed by atoms with E-state index in [0.717, 1.165) is 15.5 Å². The van der Waals surface area contributed by atoms with Gasteiger partial charge in [0.2, 0.25) is 0 Å². The number of ketones is 2. The van der Waals surface area contributed by atoms with E-state index in [1.165, 1.54) is 6.92 Å². The van der Waals surface area contributed by atoms with E-state index in [1.807, 2.05) is 36.4 Å². The molecule has 4 nitrogen and oxygen atoms in total. The van der Waals surface area contributed by atoms with Gasteiger partial charge in [-0.1, -0.05) is 40.2 Å². The van der Waals surface area contributed by atoms with Gasteiger partial charge in [-0.2, -0.15) is 0 Å². The van der Waals surface area contributed by atoms with Crippen LogP contribution in [0.2, 0.25) is 0 Å². The summed E-state index contributed by atoms with van der Waals surface area (Å²) >= 11 is 3.35. The average Bonchev–Trinajstić information content (AvgIpc) is 2.87. The summed E-state index contributed by atoms with van der Waals surface area (Å²) in [7, 11) is 0. The van der Waals surface area contributed by atoms with Gasteiger partial charge in [0.25, 0.3) is 0 Å². The van der Waals surface area contributed by atoms with Gasteiger partial charge >= 0.3 is 0 Å². The maximum Gasteiger partial charge on any atom is 0.195 e. The van der Waals surface area contributed by atoms with Gasteiger partial charge in [0.05, 0.1) is 17.6 Å². The third-order valence-electron chi connectivity index (χ3n) is 3.44. The van der Waals surface area contributed by atoms with E-state index in [0.29, 0.717) is 11.4 Å². The lowest BCUT2D eigenvalue weighted by molar-refractivity contribution is 0.0966. The van der Waals surface area contributed by atoms with Crippen molar-refractivity contribution in [3.05, 3.63) is 64.4 Å². The van der Waals surface area contributed by atoms with E-state index >= 15 is 0 Å². The molecule has 0 bridgehead atoms. The Balaban J connectivity index is 2.02. The number of nitrogens with zero attached hydrogens (tertiary/aromatic N) is 2. The zero-order valence-corrected chi connectivity index (χ0v) is 13.5. The molecule has 0 fully saturated rings. The van der Waals surface area contributed by atoms with Gasteiger partial charge in [-0.15, -0.1) is 0 Å². The molecule has 0 amide bonds. The molecule has 0 N–H and O–H groups in total. The molecule has 0 aliphatic carbocycles. The molecule has 0 aliphatic rings. The average molecular weight is 357 g/mol. The van der Waals surface area contributed by atoms with Crippen LogP contribution in [0.5, 0.6) is 0 Å². The smallest absolute Gasteiger partial charge is 0.195 e. The van der Waals surface area contributed by atoms with Crippen molar-refractivity contribution in [2.24, 2.45) is 0 Å². The summed E-state index contributed by atoms with van der Waals surface area (Å²) in [4.78, 5) is 28.6. The van der Waals surface area contributed by atoms with Crippen LogP contribution in [0.1, 0.15) is 27.9 Å². The van der Waals surface area contributed by atoms with Crippen molar-refractivity contribution in [1.29, 1.82) is 0 Å². The van der Waals surface area contributed by atoms with Crippen molar-refractivity contribution in [3.8, 4) is 0 Å². The standard InChI is InChI=1S/C17H13BrN2O2/c1-11(21)17-19-14-4-2-3-5-15(14)20(17)10-16(22)12-6-8-13(18)9-7-12/h2-9H,10H2,1H3. The summed E-state index contributed by atoms with van der Waals surface area (Å²) in [6.45, 7) is 1.55. The number of rotatable bonds is 4. The summed E-state index contributed by atoms with van der Waals surface area (Å²) in [6.07, 6.45) is 0. The van der Waals surface area contributed by atoms with Crippen molar-refractivity contribution in [2.75, 3.05) is 0 Å². The fourth-order valence-corrected chi connectivity index (χ4v) is 2.64. The van der Waals surface area contributed by atoms with E-state index in [2.05, 4.69) is 20.9 Å². The molecule has 0 atom stereocenters. The lowest BCUT2D eigenvalue weighted by Crippen LogP contribution is -2.15. The van der Waals surface area contributed by atoms with E-state index in [4.69, 9.17) is 0 Å². The summed E-state index contributed by atoms with van der Waals surface area (Å²) in [5.74, 6) is 0.102. The number of imidazole rings is 1. The minimum absolute atomic E-state index is 0.0573. The lowest BCUT2D eigenvalue weighted by Gasteiger charge is -2.07. The van der Waals surface area contributed by atoms with Crippen molar-refractivity contribution < 1.29 is 9.59 Å². The molecule has 2 aromatic carbocycles. The highest BCUT2D eigenvalue weighted by Crippen LogP contribution is 2.18. The molecular weight excluding hydrogens is 344 g/mol. The van der Waals surface area contributed by atoms with Crippen LogP contribution < -0.4 is 0 Å². The summed E-state index contributed by atoms with van der Waals surface area (Å²) in [5.41, 5.74) is 2.12. The van der Waals surface area contributed by atoms with E-state index in [1.54, 1.807) is 16.7 Å². The lowest BCUT2D eigenvalue weighted by atomic mass is 10.1. The number of hydrogen-bond acceptors (Lipinski definition) is 3. The largest absolute Gasteiger partial charge is 0.314 e. The minimum Gasteiger partial charge on any atom is -0.314 e. The number of hydrogen-bond donors (Lipinski definition) is 0. The topological polar surface area (TPSA) is 52.0 Å². The van der Waals surface area contributed by atoms with E-state index in [9.17, 15) is 9.59 Å². The number of Topliss-reactive ketones (excluding diaryl/α,β-unsaturated/α-hetero) is 2.